The highest BCUT2D eigenvalue weighted by atomic mass is 19.4. The summed E-state index contributed by atoms with van der Waals surface area (Å²) in [4.78, 5) is 0. The summed E-state index contributed by atoms with van der Waals surface area (Å²) in [5.41, 5.74) is 4.65. The van der Waals surface area contributed by atoms with Crippen molar-refractivity contribution in [2.24, 2.45) is 0 Å². The summed E-state index contributed by atoms with van der Waals surface area (Å²) in [6.07, 6.45) is -4.53. The normalized spacial score (nSPS) is 11.8. The quantitative estimate of drug-likeness (QED) is 0.800. The van der Waals surface area contributed by atoms with Gasteiger partial charge in [0.1, 0.15) is 17.3 Å². The number of hydrogen-bond donors (Lipinski definition) is 1. The predicted octanol–water partition coefficient (Wildman–Crippen LogP) is 2.92. The number of alkyl halides is 3. The second-order valence-corrected chi connectivity index (χ2v) is 3.79. The minimum absolute atomic E-state index is 0.115. The van der Waals surface area contributed by atoms with E-state index in [4.69, 9.17) is 5.73 Å². The number of rotatable bonds is 1. The molecule has 0 atom stereocenters. The lowest BCUT2D eigenvalue weighted by Gasteiger charge is -2.10. The molecule has 0 aliphatic heterocycles. The van der Waals surface area contributed by atoms with Crippen molar-refractivity contribution in [1.82, 2.24) is 9.78 Å². The van der Waals surface area contributed by atoms with Crippen LogP contribution in [0.2, 0.25) is 0 Å². The van der Waals surface area contributed by atoms with Gasteiger partial charge in [0, 0.05) is 11.8 Å². The monoisotopic (exact) mass is 259 g/mol. The SMILES string of the molecule is Cc1cc(N)nn1-c1cc(C(F)(F)F)ccc1F. The Kier molecular flexibility index (Phi) is 2.76. The third kappa shape index (κ3) is 2.15. The van der Waals surface area contributed by atoms with Gasteiger partial charge in [0.15, 0.2) is 0 Å². The van der Waals surface area contributed by atoms with E-state index in [0.717, 1.165) is 10.7 Å². The van der Waals surface area contributed by atoms with Gasteiger partial charge in [0.05, 0.1) is 5.56 Å². The lowest BCUT2D eigenvalue weighted by atomic mass is 10.2. The van der Waals surface area contributed by atoms with E-state index in [-0.39, 0.29) is 11.5 Å². The summed E-state index contributed by atoms with van der Waals surface area (Å²) in [7, 11) is 0. The fraction of sp³-hybridized carbons (Fsp3) is 0.182. The van der Waals surface area contributed by atoms with Crippen LogP contribution in [0.3, 0.4) is 0 Å². The Morgan fingerprint density at radius 1 is 1.22 bits per heavy atom. The first kappa shape index (κ1) is 12.4. The maximum absolute atomic E-state index is 13.6. The van der Waals surface area contributed by atoms with Crippen LogP contribution in [0.15, 0.2) is 24.3 Å². The van der Waals surface area contributed by atoms with Crippen molar-refractivity contribution in [3.8, 4) is 5.69 Å². The molecule has 1 aromatic carbocycles. The first-order chi connectivity index (χ1) is 8.29. The van der Waals surface area contributed by atoms with Crippen LogP contribution >= 0.6 is 0 Å². The van der Waals surface area contributed by atoms with E-state index in [9.17, 15) is 17.6 Å². The molecule has 2 N–H and O–H groups in total. The number of anilines is 1. The Morgan fingerprint density at radius 3 is 2.39 bits per heavy atom. The molecule has 0 unspecified atom stereocenters. The molecule has 96 valence electrons. The van der Waals surface area contributed by atoms with Crippen molar-refractivity contribution in [2.45, 2.75) is 13.1 Å². The molecular formula is C11H9F4N3. The van der Waals surface area contributed by atoms with E-state index >= 15 is 0 Å². The zero-order valence-corrected chi connectivity index (χ0v) is 9.29. The first-order valence-electron chi connectivity index (χ1n) is 4.98. The van der Waals surface area contributed by atoms with Gasteiger partial charge in [-0.25, -0.2) is 9.07 Å². The lowest BCUT2D eigenvalue weighted by Crippen LogP contribution is -2.09. The molecule has 0 aliphatic carbocycles. The van der Waals surface area contributed by atoms with Crippen molar-refractivity contribution < 1.29 is 17.6 Å². The molecule has 3 nitrogen and oxygen atoms in total. The van der Waals surface area contributed by atoms with Crippen LogP contribution in [0.4, 0.5) is 23.4 Å². The Morgan fingerprint density at radius 2 is 1.89 bits per heavy atom. The topological polar surface area (TPSA) is 43.8 Å². The third-order valence-corrected chi connectivity index (χ3v) is 2.41. The Labute approximate surface area is 99.8 Å². The summed E-state index contributed by atoms with van der Waals surface area (Å²) in [6.45, 7) is 1.57. The molecule has 0 radical (unpaired) electrons. The number of nitrogen functional groups attached to an aromatic ring is 1. The van der Waals surface area contributed by atoms with Crippen LogP contribution in [0, 0.1) is 12.7 Å². The van der Waals surface area contributed by atoms with E-state index in [1.54, 1.807) is 6.92 Å². The van der Waals surface area contributed by atoms with Crippen molar-refractivity contribution >= 4 is 5.82 Å². The average molecular weight is 259 g/mol. The predicted molar refractivity (Wildman–Crippen MR) is 57.7 cm³/mol. The summed E-state index contributed by atoms with van der Waals surface area (Å²) in [5.74, 6) is -0.682. The van der Waals surface area contributed by atoms with Gasteiger partial charge in [-0.2, -0.15) is 18.3 Å². The number of benzene rings is 1. The summed E-state index contributed by atoms with van der Waals surface area (Å²) in [5, 5.41) is 3.75. The van der Waals surface area contributed by atoms with E-state index in [1.807, 2.05) is 0 Å². The second-order valence-electron chi connectivity index (χ2n) is 3.79. The number of aryl methyl sites for hydroxylation is 1. The number of nitrogens with zero attached hydrogens (tertiary/aromatic N) is 2. The molecule has 7 heteroatoms. The fourth-order valence-corrected chi connectivity index (χ4v) is 1.59. The molecule has 0 fully saturated rings. The highest BCUT2D eigenvalue weighted by Crippen LogP contribution is 2.31. The molecular weight excluding hydrogens is 250 g/mol. The van der Waals surface area contributed by atoms with Gasteiger partial charge < -0.3 is 5.73 Å². The van der Waals surface area contributed by atoms with Crippen LogP contribution in [0.1, 0.15) is 11.3 Å². The third-order valence-electron chi connectivity index (χ3n) is 2.41. The van der Waals surface area contributed by atoms with Crippen molar-refractivity contribution in [3.63, 3.8) is 0 Å². The smallest absolute Gasteiger partial charge is 0.382 e. The molecule has 2 rings (SSSR count). The molecule has 1 aromatic heterocycles. The molecule has 0 bridgehead atoms. The largest absolute Gasteiger partial charge is 0.416 e. The van der Waals surface area contributed by atoms with E-state index in [2.05, 4.69) is 5.10 Å². The van der Waals surface area contributed by atoms with E-state index in [1.165, 1.54) is 6.07 Å². The van der Waals surface area contributed by atoms with Gasteiger partial charge in [0.25, 0.3) is 0 Å². The van der Waals surface area contributed by atoms with E-state index < -0.39 is 17.6 Å². The Hall–Kier alpha value is -2.05. The van der Waals surface area contributed by atoms with Crippen molar-refractivity contribution in [1.29, 1.82) is 0 Å². The summed E-state index contributed by atoms with van der Waals surface area (Å²) in [6, 6.07) is 3.59. The van der Waals surface area contributed by atoms with Crippen LogP contribution in [-0.2, 0) is 6.18 Å². The molecule has 18 heavy (non-hydrogen) atoms. The van der Waals surface area contributed by atoms with Gasteiger partial charge in [-0.05, 0) is 25.1 Å². The van der Waals surface area contributed by atoms with Gasteiger partial charge in [0.2, 0.25) is 0 Å². The fourth-order valence-electron chi connectivity index (χ4n) is 1.59. The van der Waals surface area contributed by atoms with Crippen molar-refractivity contribution in [3.05, 3.63) is 41.3 Å². The minimum Gasteiger partial charge on any atom is -0.382 e. The van der Waals surface area contributed by atoms with Crippen LogP contribution in [-0.4, -0.2) is 9.78 Å². The van der Waals surface area contributed by atoms with Gasteiger partial charge >= 0.3 is 6.18 Å². The van der Waals surface area contributed by atoms with Crippen LogP contribution in [0.5, 0.6) is 0 Å². The second kappa shape index (κ2) is 4.01. The Bertz CT molecular complexity index is 586. The molecule has 1 heterocycles. The molecule has 0 amide bonds. The highest BCUT2D eigenvalue weighted by molar-refractivity contribution is 5.42. The molecule has 2 aromatic rings. The average Bonchev–Trinajstić information content (AvgIpc) is 2.56. The van der Waals surface area contributed by atoms with Crippen LogP contribution in [0.25, 0.3) is 5.69 Å². The summed E-state index contributed by atoms with van der Waals surface area (Å²) < 4.78 is 52.2. The maximum Gasteiger partial charge on any atom is 0.416 e. The highest BCUT2D eigenvalue weighted by Gasteiger charge is 2.31. The minimum atomic E-state index is -4.53. The van der Waals surface area contributed by atoms with Gasteiger partial charge in [-0.15, -0.1) is 0 Å². The number of aromatic nitrogens is 2. The zero-order chi connectivity index (χ0) is 13.5. The van der Waals surface area contributed by atoms with E-state index in [0.29, 0.717) is 17.8 Å². The van der Waals surface area contributed by atoms with Gasteiger partial charge in [-0.1, -0.05) is 0 Å². The van der Waals surface area contributed by atoms with Crippen LogP contribution < -0.4 is 5.73 Å². The molecule has 0 saturated carbocycles. The Balaban J connectivity index is 2.60. The van der Waals surface area contributed by atoms with Crippen molar-refractivity contribution in [2.75, 3.05) is 5.73 Å². The zero-order valence-electron chi connectivity index (χ0n) is 9.29. The molecule has 0 saturated heterocycles. The number of nitrogens with two attached hydrogens (primary N) is 1. The molecule has 0 spiro atoms. The van der Waals surface area contributed by atoms with Gasteiger partial charge in [-0.3, -0.25) is 0 Å². The number of halogens is 4. The maximum atomic E-state index is 13.6. The lowest BCUT2D eigenvalue weighted by molar-refractivity contribution is -0.137. The first-order valence-corrected chi connectivity index (χ1v) is 4.98. The summed E-state index contributed by atoms with van der Waals surface area (Å²) >= 11 is 0. The molecule has 0 aliphatic rings. The number of hydrogen-bond acceptors (Lipinski definition) is 2. The standard InChI is InChI=1S/C11H9F4N3/c1-6-4-10(16)17-18(6)9-5-7(11(13,14)15)2-3-8(9)12/h2-5H,1H3,(H2,16,17).